The number of nitrogens with zero attached hydrogens (tertiary/aromatic N) is 3. The van der Waals surface area contributed by atoms with Crippen molar-refractivity contribution < 1.29 is 9.21 Å². The first-order valence-corrected chi connectivity index (χ1v) is 9.67. The summed E-state index contributed by atoms with van der Waals surface area (Å²) < 4.78 is 5.82. The highest BCUT2D eigenvalue weighted by atomic mass is 16.4. The van der Waals surface area contributed by atoms with E-state index in [4.69, 9.17) is 4.42 Å². The summed E-state index contributed by atoms with van der Waals surface area (Å²) in [7, 11) is 0. The van der Waals surface area contributed by atoms with Crippen LogP contribution in [-0.2, 0) is 4.79 Å². The third-order valence-corrected chi connectivity index (χ3v) is 5.02. The number of pyridine rings is 1. The second kappa shape index (κ2) is 8.25. The fraction of sp³-hybridized carbons (Fsp3) is 0.318. The number of hydrogen-bond acceptors (Lipinski definition) is 5. The molecule has 3 heterocycles. The van der Waals surface area contributed by atoms with Crippen LogP contribution in [0.4, 0.5) is 6.01 Å². The number of anilines is 1. The van der Waals surface area contributed by atoms with E-state index in [-0.39, 0.29) is 11.8 Å². The van der Waals surface area contributed by atoms with Crippen molar-refractivity contribution in [3.63, 3.8) is 0 Å². The third-order valence-electron chi connectivity index (χ3n) is 5.02. The number of aryl methyl sites for hydroxylation is 1. The molecule has 28 heavy (non-hydrogen) atoms. The molecule has 4 rings (SSSR count). The summed E-state index contributed by atoms with van der Waals surface area (Å²) in [5.74, 6) is 0.151. The van der Waals surface area contributed by atoms with Crippen LogP contribution in [0.3, 0.4) is 0 Å². The summed E-state index contributed by atoms with van der Waals surface area (Å²) >= 11 is 0. The number of amides is 1. The molecule has 0 atom stereocenters. The van der Waals surface area contributed by atoms with Gasteiger partial charge < -0.3 is 14.6 Å². The highest BCUT2D eigenvalue weighted by Gasteiger charge is 2.27. The molecule has 1 aliphatic heterocycles. The van der Waals surface area contributed by atoms with Gasteiger partial charge in [0.2, 0.25) is 11.6 Å². The Morgan fingerprint density at radius 1 is 1.18 bits per heavy atom. The molecule has 1 saturated heterocycles. The molecule has 144 valence electrons. The van der Waals surface area contributed by atoms with Crippen molar-refractivity contribution in [2.75, 3.05) is 24.5 Å². The van der Waals surface area contributed by atoms with Crippen LogP contribution in [0.5, 0.6) is 0 Å². The zero-order chi connectivity index (χ0) is 19.3. The molecule has 1 fully saturated rings. The molecule has 1 aromatic carbocycles. The number of fused-ring (bicyclic) bond motifs is 1. The molecule has 1 aliphatic rings. The van der Waals surface area contributed by atoms with Gasteiger partial charge in [0, 0.05) is 31.2 Å². The van der Waals surface area contributed by atoms with Crippen LogP contribution in [0.1, 0.15) is 24.1 Å². The van der Waals surface area contributed by atoms with E-state index >= 15 is 0 Å². The van der Waals surface area contributed by atoms with Crippen molar-refractivity contribution in [3.05, 3.63) is 59.8 Å². The van der Waals surface area contributed by atoms with Gasteiger partial charge in [0.05, 0.1) is 0 Å². The van der Waals surface area contributed by atoms with E-state index in [9.17, 15) is 4.79 Å². The number of nitrogens with one attached hydrogen (secondary N) is 1. The maximum atomic E-state index is 12.4. The number of rotatable bonds is 5. The Labute approximate surface area is 164 Å². The Kier molecular flexibility index (Phi) is 5.37. The van der Waals surface area contributed by atoms with E-state index < -0.39 is 0 Å². The summed E-state index contributed by atoms with van der Waals surface area (Å²) in [4.78, 5) is 23.4. The van der Waals surface area contributed by atoms with Gasteiger partial charge in [-0.2, -0.15) is 4.98 Å². The van der Waals surface area contributed by atoms with Gasteiger partial charge in [0.15, 0.2) is 5.58 Å². The largest absolute Gasteiger partial charge is 0.422 e. The van der Waals surface area contributed by atoms with E-state index in [1.807, 2.05) is 61.5 Å². The van der Waals surface area contributed by atoms with Gasteiger partial charge in [-0.25, -0.2) is 4.98 Å². The Hall–Kier alpha value is -3.15. The maximum absolute atomic E-state index is 12.4. The summed E-state index contributed by atoms with van der Waals surface area (Å²) in [5, 5.41) is 3.01. The molecule has 3 aromatic rings. The number of hydrogen-bond donors (Lipinski definition) is 1. The Morgan fingerprint density at radius 3 is 2.75 bits per heavy atom. The lowest BCUT2D eigenvalue weighted by molar-refractivity contribution is -0.125. The van der Waals surface area contributed by atoms with Crippen LogP contribution in [0, 0.1) is 12.8 Å². The first-order chi connectivity index (χ1) is 13.7. The zero-order valence-electron chi connectivity index (χ0n) is 16.0. The van der Waals surface area contributed by atoms with Crippen LogP contribution in [0.25, 0.3) is 17.3 Å². The molecule has 0 saturated carbocycles. The Balaban J connectivity index is 1.27. The van der Waals surface area contributed by atoms with Crippen molar-refractivity contribution in [3.8, 4) is 0 Å². The number of benzene rings is 1. The number of carbonyl (C=O) groups excluding carboxylic acids is 1. The molecule has 0 bridgehead atoms. The minimum Gasteiger partial charge on any atom is -0.422 e. The van der Waals surface area contributed by atoms with Gasteiger partial charge in [0.1, 0.15) is 0 Å². The molecule has 0 spiro atoms. The lowest BCUT2D eigenvalue weighted by atomic mass is 9.96. The van der Waals surface area contributed by atoms with Crippen molar-refractivity contribution in [1.29, 1.82) is 0 Å². The van der Waals surface area contributed by atoms with Crippen LogP contribution in [-0.4, -0.2) is 35.5 Å². The van der Waals surface area contributed by atoms with Crippen molar-refractivity contribution in [2.45, 2.75) is 19.8 Å². The molecule has 0 aliphatic carbocycles. The van der Waals surface area contributed by atoms with Gasteiger partial charge in [-0.1, -0.05) is 42.5 Å². The maximum Gasteiger partial charge on any atom is 0.299 e. The molecular formula is C22H24N4O2. The van der Waals surface area contributed by atoms with Crippen LogP contribution in [0.15, 0.2) is 53.0 Å². The van der Waals surface area contributed by atoms with Crippen LogP contribution in [0.2, 0.25) is 0 Å². The molecule has 0 unspecified atom stereocenters. The SMILES string of the molecule is Cc1ccc2oc(N3CCC(C(=O)NC/C=C/c4ccccc4)CC3)nc2n1. The van der Waals surface area contributed by atoms with Gasteiger partial charge in [0.25, 0.3) is 6.01 Å². The zero-order valence-corrected chi connectivity index (χ0v) is 16.0. The molecule has 2 aromatic heterocycles. The van der Waals surface area contributed by atoms with Crippen molar-refractivity contribution >= 4 is 29.2 Å². The standard InChI is InChI=1S/C22H24N4O2/c1-16-9-10-19-20(24-16)25-22(28-19)26-14-11-18(12-15-26)21(27)23-13-5-8-17-6-3-2-4-7-17/h2-10,18H,11-15H2,1H3,(H,23,27)/b8-5+. The summed E-state index contributed by atoms with van der Waals surface area (Å²) in [6.45, 7) is 3.99. The number of carbonyl (C=O) groups is 1. The van der Waals surface area contributed by atoms with Crippen LogP contribution >= 0.6 is 0 Å². The smallest absolute Gasteiger partial charge is 0.299 e. The lowest BCUT2D eigenvalue weighted by Gasteiger charge is -2.29. The van der Waals surface area contributed by atoms with Gasteiger partial charge in [-0.05, 0) is 37.5 Å². The first kappa shape index (κ1) is 18.2. The fourth-order valence-electron chi connectivity index (χ4n) is 3.43. The Bertz CT molecular complexity index is 973. The van der Waals surface area contributed by atoms with Gasteiger partial charge in [-0.3, -0.25) is 4.79 Å². The average Bonchev–Trinajstić information content (AvgIpc) is 3.15. The molecule has 1 amide bonds. The minimum absolute atomic E-state index is 0.0334. The van der Waals surface area contributed by atoms with E-state index in [0.29, 0.717) is 23.8 Å². The van der Waals surface area contributed by atoms with Crippen molar-refractivity contribution in [1.82, 2.24) is 15.3 Å². The van der Waals surface area contributed by atoms with Crippen LogP contribution < -0.4 is 10.2 Å². The third kappa shape index (κ3) is 4.22. The molecule has 1 N–H and O–H groups in total. The number of piperidine rings is 1. The highest BCUT2D eigenvalue weighted by molar-refractivity contribution is 5.79. The second-order valence-electron chi connectivity index (χ2n) is 7.09. The predicted octanol–water partition coefficient (Wildman–Crippen LogP) is 3.58. The summed E-state index contributed by atoms with van der Waals surface area (Å²) in [6.07, 6.45) is 5.58. The molecule has 0 radical (unpaired) electrons. The molecular weight excluding hydrogens is 352 g/mol. The highest BCUT2D eigenvalue weighted by Crippen LogP contribution is 2.26. The van der Waals surface area contributed by atoms with E-state index in [1.165, 1.54) is 0 Å². The minimum atomic E-state index is 0.0334. The number of oxazole rings is 1. The summed E-state index contributed by atoms with van der Waals surface area (Å²) in [5.41, 5.74) is 3.39. The topological polar surface area (TPSA) is 71.3 Å². The predicted molar refractivity (Wildman–Crippen MR) is 110 cm³/mol. The monoisotopic (exact) mass is 376 g/mol. The number of aromatic nitrogens is 2. The normalized spacial score (nSPS) is 15.4. The fourth-order valence-corrected chi connectivity index (χ4v) is 3.43. The molecule has 6 heteroatoms. The lowest BCUT2D eigenvalue weighted by Crippen LogP contribution is -2.40. The first-order valence-electron chi connectivity index (χ1n) is 9.67. The Morgan fingerprint density at radius 2 is 1.96 bits per heavy atom. The van der Waals surface area contributed by atoms with Crippen molar-refractivity contribution in [2.24, 2.45) is 5.92 Å². The quantitative estimate of drug-likeness (QED) is 0.737. The van der Waals surface area contributed by atoms with E-state index in [1.54, 1.807) is 0 Å². The molecule has 6 nitrogen and oxygen atoms in total. The second-order valence-corrected chi connectivity index (χ2v) is 7.09. The van der Waals surface area contributed by atoms with E-state index in [0.717, 1.165) is 37.2 Å². The van der Waals surface area contributed by atoms with Gasteiger partial charge >= 0.3 is 0 Å². The van der Waals surface area contributed by atoms with E-state index in [2.05, 4.69) is 20.2 Å². The summed E-state index contributed by atoms with van der Waals surface area (Å²) in [6, 6.07) is 14.5. The average molecular weight is 376 g/mol. The van der Waals surface area contributed by atoms with Gasteiger partial charge in [-0.15, -0.1) is 0 Å².